The Bertz CT molecular complexity index is 532. The fourth-order valence-electron chi connectivity index (χ4n) is 1.87. The fourth-order valence-corrected chi connectivity index (χ4v) is 3.69. The quantitative estimate of drug-likeness (QED) is 0.861. The summed E-state index contributed by atoms with van der Waals surface area (Å²) < 4.78 is 38.0. The first kappa shape index (κ1) is 13.0. The van der Waals surface area contributed by atoms with E-state index >= 15 is 0 Å². The maximum absolute atomic E-state index is 13.6. The zero-order valence-electron chi connectivity index (χ0n) is 9.28. The lowest BCUT2D eigenvalue weighted by Crippen LogP contribution is -2.44. The minimum atomic E-state index is -3.13. The molecule has 17 heavy (non-hydrogen) atoms. The van der Waals surface area contributed by atoms with Crippen LogP contribution in [0, 0.1) is 5.82 Å². The summed E-state index contributed by atoms with van der Waals surface area (Å²) in [6, 6.07) is 4.09. The van der Waals surface area contributed by atoms with Crippen molar-refractivity contribution < 1.29 is 12.8 Å². The standard InChI is InChI=1S/C11H13BrFNO2S/c1-7-5-14-11(6-17(7,15)16)9-4-8(12)2-3-10(9)13/h2-4,7,11,14H,5-6H2,1H3. The Morgan fingerprint density at radius 1 is 1.47 bits per heavy atom. The van der Waals surface area contributed by atoms with Crippen molar-refractivity contribution in [2.45, 2.75) is 18.2 Å². The zero-order valence-corrected chi connectivity index (χ0v) is 11.7. The van der Waals surface area contributed by atoms with Crippen molar-refractivity contribution in [3.05, 3.63) is 34.1 Å². The lowest BCUT2D eigenvalue weighted by atomic mass is 10.1. The van der Waals surface area contributed by atoms with E-state index in [0.29, 0.717) is 12.1 Å². The van der Waals surface area contributed by atoms with Gasteiger partial charge in [0.25, 0.3) is 0 Å². The second kappa shape index (κ2) is 4.66. The molecule has 1 N–H and O–H groups in total. The molecule has 6 heteroatoms. The van der Waals surface area contributed by atoms with Gasteiger partial charge in [-0.3, -0.25) is 0 Å². The molecule has 1 aromatic carbocycles. The van der Waals surface area contributed by atoms with Crippen molar-refractivity contribution in [2.24, 2.45) is 0 Å². The second-order valence-corrected chi connectivity index (χ2v) is 7.65. The maximum Gasteiger partial charge on any atom is 0.156 e. The molecule has 1 heterocycles. The fraction of sp³-hybridized carbons (Fsp3) is 0.455. The highest BCUT2D eigenvalue weighted by molar-refractivity contribution is 9.10. The van der Waals surface area contributed by atoms with E-state index in [-0.39, 0.29) is 11.6 Å². The Morgan fingerprint density at radius 3 is 2.82 bits per heavy atom. The number of sulfone groups is 1. The van der Waals surface area contributed by atoms with Crippen LogP contribution >= 0.6 is 15.9 Å². The van der Waals surface area contributed by atoms with Crippen LogP contribution in [0.2, 0.25) is 0 Å². The van der Waals surface area contributed by atoms with Crippen molar-refractivity contribution in [1.82, 2.24) is 5.32 Å². The molecule has 0 bridgehead atoms. The summed E-state index contributed by atoms with van der Waals surface area (Å²) in [5.41, 5.74) is 0.398. The van der Waals surface area contributed by atoms with Gasteiger partial charge in [0, 0.05) is 22.6 Å². The molecule has 1 fully saturated rings. The van der Waals surface area contributed by atoms with Gasteiger partial charge < -0.3 is 5.32 Å². The van der Waals surface area contributed by atoms with Crippen LogP contribution in [0.1, 0.15) is 18.5 Å². The monoisotopic (exact) mass is 321 g/mol. The van der Waals surface area contributed by atoms with Crippen LogP contribution in [0.4, 0.5) is 4.39 Å². The van der Waals surface area contributed by atoms with Gasteiger partial charge >= 0.3 is 0 Å². The summed E-state index contributed by atoms with van der Waals surface area (Å²) in [5, 5.41) is 2.66. The van der Waals surface area contributed by atoms with Crippen LogP contribution in [0.5, 0.6) is 0 Å². The first-order valence-electron chi connectivity index (χ1n) is 5.30. The highest BCUT2D eigenvalue weighted by atomic mass is 79.9. The molecule has 0 aromatic heterocycles. The molecular weight excluding hydrogens is 309 g/mol. The van der Waals surface area contributed by atoms with Crippen LogP contribution < -0.4 is 5.32 Å². The molecule has 0 saturated carbocycles. The van der Waals surface area contributed by atoms with E-state index in [2.05, 4.69) is 21.2 Å². The smallest absolute Gasteiger partial charge is 0.156 e. The number of halogens is 2. The lowest BCUT2D eigenvalue weighted by molar-refractivity contribution is 0.485. The molecule has 94 valence electrons. The first-order chi connectivity index (χ1) is 7.90. The summed E-state index contributed by atoms with van der Waals surface area (Å²) in [7, 11) is -3.13. The topological polar surface area (TPSA) is 46.2 Å². The first-order valence-corrected chi connectivity index (χ1v) is 7.81. The van der Waals surface area contributed by atoms with Crippen molar-refractivity contribution in [3.8, 4) is 0 Å². The summed E-state index contributed by atoms with van der Waals surface area (Å²) in [6.45, 7) is 2.02. The van der Waals surface area contributed by atoms with Gasteiger partial charge in [0.05, 0.1) is 11.0 Å². The normalized spacial score (nSPS) is 27.9. The van der Waals surface area contributed by atoms with Gasteiger partial charge in [-0.25, -0.2) is 12.8 Å². The van der Waals surface area contributed by atoms with Gasteiger partial charge in [-0.15, -0.1) is 0 Å². The van der Waals surface area contributed by atoms with Crippen molar-refractivity contribution in [2.75, 3.05) is 12.3 Å². The molecular formula is C11H13BrFNO2S. The van der Waals surface area contributed by atoms with Crippen LogP contribution in [0.25, 0.3) is 0 Å². The van der Waals surface area contributed by atoms with Gasteiger partial charge in [-0.05, 0) is 25.1 Å². The summed E-state index contributed by atoms with van der Waals surface area (Å²) >= 11 is 3.26. The molecule has 2 atom stereocenters. The van der Waals surface area contributed by atoms with E-state index in [1.54, 1.807) is 19.1 Å². The summed E-state index contributed by atoms with van der Waals surface area (Å²) in [4.78, 5) is 0. The molecule has 0 amide bonds. The Balaban J connectivity index is 2.33. The van der Waals surface area contributed by atoms with E-state index in [1.807, 2.05) is 0 Å². The highest BCUT2D eigenvalue weighted by Gasteiger charge is 2.32. The van der Waals surface area contributed by atoms with Gasteiger partial charge in [-0.2, -0.15) is 0 Å². The Labute approximate surface area is 108 Å². The number of nitrogens with one attached hydrogen (secondary N) is 1. The van der Waals surface area contributed by atoms with Crippen LogP contribution in [0.3, 0.4) is 0 Å². The molecule has 3 nitrogen and oxygen atoms in total. The zero-order chi connectivity index (χ0) is 12.6. The predicted octanol–water partition coefficient (Wildman–Crippen LogP) is 2.04. The number of benzene rings is 1. The van der Waals surface area contributed by atoms with Gasteiger partial charge in [0.1, 0.15) is 5.82 Å². The molecule has 2 rings (SSSR count). The van der Waals surface area contributed by atoms with E-state index in [1.165, 1.54) is 6.07 Å². The lowest BCUT2D eigenvalue weighted by Gasteiger charge is -2.28. The van der Waals surface area contributed by atoms with Crippen molar-refractivity contribution >= 4 is 25.8 Å². The summed E-state index contributed by atoms with van der Waals surface area (Å²) in [5.74, 6) is -0.433. The molecule has 1 saturated heterocycles. The van der Waals surface area contributed by atoms with Crippen LogP contribution in [-0.2, 0) is 9.84 Å². The van der Waals surface area contributed by atoms with Crippen molar-refractivity contribution in [3.63, 3.8) is 0 Å². The molecule has 1 aromatic rings. The third kappa shape index (κ3) is 2.69. The molecule has 0 spiro atoms. The van der Waals surface area contributed by atoms with Gasteiger partial charge in [0.2, 0.25) is 0 Å². The van der Waals surface area contributed by atoms with E-state index in [0.717, 1.165) is 4.47 Å². The largest absolute Gasteiger partial charge is 0.308 e. The van der Waals surface area contributed by atoms with Crippen LogP contribution in [-0.4, -0.2) is 26.0 Å². The molecule has 0 aliphatic carbocycles. The average Bonchev–Trinajstić information content (AvgIpc) is 2.25. The highest BCUT2D eigenvalue weighted by Crippen LogP contribution is 2.26. The molecule has 1 aliphatic rings. The van der Waals surface area contributed by atoms with E-state index in [4.69, 9.17) is 0 Å². The van der Waals surface area contributed by atoms with Crippen LogP contribution in [0.15, 0.2) is 22.7 Å². The Kier molecular flexibility index (Phi) is 3.56. The number of rotatable bonds is 1. The SMILES string of the molecule is CC1CNC(c2cc(Br)ccc2F)CS1(=O)=O. The number of hydrogen-bond donors (Lipinski definition) is 1. The van der Waals surface area contributed by atoms with E-state index < -0.39 is 21.1 Å². The van der Waals surface area contributed by atoms with Gasteiger partial charge in [0.15, 0.2) is 9.84 Å². The minimum absolute atomic E-state index is 0.0540. The van der Waals surface area contributed by atoms with E-state index in [9.17, 15) is 12.8 Å². The predicted molar refractivity (Wildman–Crippen MR) is 68.1 cm³/mol. The Hall–Kier alpha value is -0.460. The Morgan fingerprint density at radius 2 is 2.18 bits per heavy atom. The third-order valence-corrected chi connectivity index (χ3v) is 5.68. The summed E-state index contributed by atoms with van der Waals surface area (Å²) in [6.07, 6.45) is 0. The third-order valence-electron chi connectivity index (χ3n) is 3.00. The average molecular weight is 322 g/mol. The maximum atomic E-state index is 13.6. The van der Waals surface area contributed by atoms with Crippen molar-refractivity contribution in [1.29, 1.82) is 0 Å². The number of hydrogen-bond acceptors (Lipinski definition) is 3. The molecule has 1 aliphatic heterocycles. The van der Waals surface area contributed by atoms with Gasteiger partial charge in [-0.1, -0.05) is 15.9 Å². The minimum Gasteiger partial charge on any atom is -0.308 e. The molecule has 0 radical (unpaired) electrons. The second-order valence-electron chi connectivity index (χ2n) is 4.27. The molecule has 2 unspecified atom stereocenters.